The van der Waals surface area contributed by atoms with Gasteiger partial charge in [-0.25, -0.2) is 0 Å². The number of thiol groups is 1. The summed E-state index contributed by atoms with van der Waals surface area (Å²) in [6, 6.07) is -0.119. The predicted molar refractivity (Wildman–Crippen MR) is 75.4 cm³/mol. The zero-order chi connectivity index (χ0) is 12.3. The van der Waals surface area contributed by atoms with E-state index in [0.29, 0.717) is 6.61 Å². The van der Waals surface area contributed by atoms with Crippen molar-refractivity contribution in [3.63, 3.8) is 0 Å². The van der Waals surface area contributed by atoms with E-state index < -0.39 is 10.3 Å². The highest BCUT2D eigenvalue weighted by Gasteiger charge is 2.45. The number of rotatable bonds is 5. The number of halogens is 1. The molecule has 9 heteroatoms. The van der Waals surface area contributed by atoms with Crippen LogP contribution < -0.4 is 0 Å². The van der Waals surface area contributed by atoms with E-state index in [1.165, 1.54) is 0 Å². The lowest BCUT2D eigenvalue weighted by Gasteiger charge is -2.23. The van der Waals surface area contributed by atoms with E-state index in [4.69, 9.17) is 18.7 Å². The van der Waals surface area contributed by atoms with Crippen LogP contribution in [-0.2, 0) is 23.3 Å². The molecule has 0 aromatic rings. The fourth-order valence-electron chi connectivity index (χ4n) is 1.81. The maximum absolute atomic E-state index is 11.6. The fraction of sp³-hybridized carbons (Fsp3) is 1.00. The third kappa shape index (κ3) is 4.15. The van der Waals surface area contributed by atoms with E-state index in [0.717, 1.165) is 0 Å². The average Bonchev–Trinajstić information content (AvgIpc) is 2.41. The van der Waals surface area contributed by atoms with Crippen LogP contribution in [0, 0.1) is 0 Å². The lowest BCUT2D eigenvalue weighted by Crippen LogP contribution is -2.37. The molecule has 1 saturated heterocycles. The maximum Gasteiger partial charge on any atom is 0.311 e. The topological polar surface area (TPSA) is 54.0 Å². The van der Waals surface area contributed by atoms with Gasteiger partial charge in [-0.05, 0) is 0 Å². The Morgan fingerprint density at radius 3 is 2.56 bits per heavy atom. The lowest BCUT2D eigenvalue weighted by molar-refractivity contribution is -0.0102. The number of methoxy groups -OCH3 is 2. The van der Waals surface area contributed by atoms with E-state index in [2.05, 4.69) is 12.2 Å². The van der Waals surface area contributed by atoms with E-state index in [-0.39, 0.29) is 18.2 Å². The van der Waals surface area contributed by atoms with Crippen LogP contribution in [0.3, 0.4) is 0 Å². The molecule has 1 fully saturated rings. The Kier molecular flexibility index (Phi) is 6.11. The van der Waals surface area contributed by atoms with Gasteiger partial charge in [0.05, 0.1) is 12.6 Å². The van der Waals surface area contributed by atoms with Gasteiger partial charge in [-0.15, -0.1) is 0 Å². The Hall–Kier alpha value is 1.21. The van der Waals surface area contributed by atoms with Gasteiger partial charge < -0.3 is 18.7 Å². The molecule has 0 amide bonds. The van der Waals surface area contributed by atoms with Crippen molar-refractivity contribution in [3.8, 4) is 0 Å². The highest BCUT2D eigenvalue weighted by atomic mass is 127. The SMILES string of the molecule is B[C@@H]1O[C@H](COC)C(OP(=O)(S)I)C1OC. The van der Waals surface area contributed by atoms with Crippen LogP contribution >= 0.6 is 38.5 Å². The number of hydrogen-bond acceptors (Lipinski definition) is 5. The molecule has 1 heterocycles. The largest absolute Gasteiger partial charge is 0.382 e. The zero-order valence-electron chi connectivity index (χ0n) is 9.33. The van der Waals surface area contributed by atoms with Crippen molar-refractivity contribution in [1.82, 2.24) is 0 Å². The molecule has 1 rings (SSSR count). The molecule has 0 N–H and O–H groups in total. The van der Waals surface area contributed by atoms with E-state index in [9.17, 15) is 4.57 Å². The van der Waals surface area contributed by atoms with Gasteiger partial charge in [0.15, 0.2) is 0 Å². The first-order chi connectivity index (χ1) is 7.39. The lowest BCUT2D eigenvalue weighted by atomic mass is 9.93. The predicted octanol–water partition coefficient (Wildman–Crippen LogP) is 0.864. The Morgan fingerprint density at radius 2 is 2.12 bits per heavy atom. The molecule has 0 radical (unpaired) electrons. The fourth-order valence-corrected chi connectivity index (χ4v) is 3.48. The van der Waals surface area contributed by atoms with Crippen molar-refractivity contribution in [1.29, 1.82) is 0 Å². The second-order valence-corrected chi connectivity index (χ2v) is 12.4. The third-order valence-electron chi connectivity index (χ3n) is 2.40. The minimum absolute atomic E-state index is 0.119. The summed E-state index contributed by atoms with van der Waals surface area (Å²) in [4.78, 5) is 0. The summed E-state index contributed by atoms with van der Waals surface area (Å²) in [5, 5.41) is 0. The third-order valence-corrected chi connectivity index (χ3v) is 3.87. The molecule has 0 aliphatic carbocycles. The first kappa shape index (κ1) is 15.3. The van der Waals surface area contributed by atoms with Crippen molar-refractivity contribution in [2.75, 3.05) is 20.8 Å². The van der Waals surface area contributed by atoms with Gasteiger partial charge in [-0.2, -0.15) is 0 Å². The van der Waals surface area contributed by atoms with Crippen LogP contribution in [0.4, 0.5) is 0 Å². The second-order valence-electron chi connectivity index (χ2n) is 3.56. The summed E-state index contributed by atoms with van der Waals surface area (Å²) in [7, 11) is 5.04. The Balaban J connectivity index is 2.75. The van der Waals surface area contributed by atoms with Gasteiger partial charge >= 0.3 is 4.21 Å². The molecule has 1 aliphatic heterocycles. The zero-order valence-corrected chi connectivity index (χ0v) is 13.3. The van der Waals surface area contributed by atoms with Gasteiger partial charge in [-0.1, -0.05) is 12.2 Å². The minimum Gasteiger partial charge on any atom is -0.382 e. The van der Waals surface area contributed by atoms with Gasteiger partial charge in [0, 0.05) is 36.3 Å². The molecule has 1 aliphatic rings. The first-order valence-corrected chi connectivity index (χ1v) is 10.3. The van der Waals surface area contributed by atoms with Crippen molar-refractivity contribution in [2.45, 2.75) is 24.3 Å². The first-order valence-electron chi connectivity index (χ1n) is 4.77. The van der Waals surface area contributed by atoms with E-state index >= 15 is 0 Å². The smallest absolute Gasteiger partial charge is 0.311 e. The molecular formula is C7H15BIO5PS. The number of hydrogen-bond donors (Lipinski definition) is 1. The molecular weight excluding hydrogens is 365 g/mol. The summed E-state index contributed by atoms with van der Waals surface area (Å²) in [6.45, 7) is 0.374. The van der Waals surface area contributed by atoms with Crippen LogP contribution in [0.1, 0.15) is 0 Å². The molecule has 0 spiro atoms. The van der Waals surface area contributed by atoms with Crippen LogP contribution in [0.25, 0.3) is 0 Å². The Morgan fingerprint density at radius 1 is 1.50 bits per heavy atom. The summed E-state index contributed by atoms with van der Waals surface area (Å²) >= 11 is 5.60. The number of ether oxygens (including phenoxy) is 3. The maximum atomic E-state index is 11.6. The van der Waals surface area contributed by atoms with E-state index in [1.807, 2.05) is 7.85 Å². The van der Waals surface area contributed by atoms with Gasteiger partial charge in [0.1, 0.15) is 26.2 Å². The summed E-state index contributed by atoms with van der Waals surface area (Å²) < 4.78 is 30.0. The standard InChI is InChI=1S/C7H15BIO5PS/c1-11-3-4-5(14-15(9,10)16)6(12-2)7(8)13-4/h4-7H,3,8H2,1-2H3,(H,10,16)/t4-,5?,6?,7-,15?/m1/s1. The molecule has 3 unspecified atom stereocenters. The normalized spacial score (nSPS) is 38.5. The van der Waals surface area contributed by atoms with Crippen LogP contribution in [0.2, 0.25) is 0 Å². The summed E-state index contributed by atoms with van der Waals surface area (Å²) in [6.07, 6.45) is -0.948. The summed E-state index contributed by atoms with van der Waals surface area (Å²) in [5.41, 5.74) is 0. The highest BCUT2D eigenvalue weighted by Crippen LogP contribution is 2.62. The summed E-state index contributed by atoms with van der Waals surface area (Å²) in [5.74, 6) is 0. The second kappa shape index (κ2) is 6.40. The van der Waals surface area contributed by atoms with E-state index in [1.54, 1.807) is 36.3 Å². The monoisotopic (exact) mass is 380 g/mol. The van der Waals surface area contributed by atoms with Crippen LogP contribution in [0.15, 0.2) is 0 Å². The quantitative estimate of drug-likeness (QED) is 0.332. The van der Waals surface area contributed by atoms with Crippen molar-refractivity contribution >= 4 is 46.3 Å². The van der Waals surface area contributed by atoms with Gasteiger partial charge in [0.2, 0.25) is 0 Å². The molecule has 16 heavy (non-hydrogen) atoms. The highest BCUT2D eigenvalue weighted by molar-refractivity contribution is 14.2. The molecule has 0 aromatic carbocycles. The molecule has 5 nitrogen and oxygen atoms in total. The Bertz CT molecular complexity index is 278. The van der Waals surface area contributed by atoms with Crippen molar-refractivity contribution in [3.05, 3.63) is 0 Å². The molecule has 94 valence electrons. The molecule has 0 aromatic heterocycles. The van der Waals surface area contributed by atoms with Crippen LogP contribution in [-0.4, -0.2) is 53.0 Å². The van der Waals surface area contributed by atoms with Crippen LogP contribution in [0.5, 0.6) is 0 Å². The Labute approximate surface area is 114 Å². The van der Waals surface area contributed by atoms with Crippen molar-refractivity contribution in [2.24, 2.45) is 0 Å². The molecule has 5 atom stereocenters. The van der Waals surface area contributed by atoms with Gasteiger partial charge in [0.25, 0.3) is 0 Å². The average molecular weight is 380 g/mol. The molecule has 0 saturated carbocycles. The van der Waals surface area contributed by atoms with Gasteiger partial charge in [-0.3, -0.25) is 4.57 Å². The van der Waals surface area contributed by atoms with Crippen molar-refractivity contribution < 1.29 is 23.3 Å². The molecule has 0 bridgehead atoms. The minimum atomic E-state index is -2.90.